The van der Waals surface area contributed by atoms with Crippen LogP contribution in [0.15, 0.2) is 0 Å². The number of urea groups is 1. The molecule has 9 heteroatoms. The van der Waals surface area contributed by atoms with Gasteiger partial charge in [-0.2, -0.15) is 0 Å². The summed E-state index contributed by atoms with van der Waals surface area (Å²) in [4.78, 5) is 53.6. The number of hydrogen-bond donors (Lipinski definition) is 2. The van der Waals surface area contributed by atoms with Gasteiger partial charge in [-0.1, -0.05) is 39.0 Å². The Balaban J connectivity index is 1.50. The van der Waals surface area contributed by atoms with E-state index in [0.717, 1.165) is 66.7 Å². The van der Waals surface area contributed by atoms with Gasteiger partial charge in [-0.25, -0.2) is 9.59 Å². The maximum absolute atomic E-state index is 13.2. The average molecular weight is 476 g/mol. The zero-order valence-electron chi connectivity index (χ0n) is 19.5. The van der Waals surface area contributed by atoms with E-state index in [0.29, 0.717) is 29.3 Å². The van der Waals surface area contributed by atoms with E-state index in [1.165, 1.54) is 11.3 Å². The van der Waals surface area contributed by atoms with Crippen molar-refractivity contribution in [2.45, 2.75) is 83.6 Å². The molecule has 0 bridgehead atoms. The quantitative estimate of drug-likeness (QED) is 0.494. The Kier molecular flexibility index (Phi) is 7.07. The van der Waals surface area contributed by atoms with Gasteiger partial charge >= 0.3 is 12.0 Å². The maximum Gasteiger partial charge on any atom is 0.341 e. The lowest BCUT2D eigenvalue weighted by molar-refractivity contribution is -0.134. The minimum Gasteiger partial charge on any atom is -0.462 e. The SMILES string of the molecule is CCOC(=O)c1c(NC(=O)CN2C(=O)NC3(CCCCCCC3)C2=O)sc2c1CC[C@@H](C)C2. The number of hydrogen-bond acceptors (Lipinski definition) is 6. The maximum atomic E-state index is 13.2. The van der Waals surface area contributed by atoms with Crippen LogP contribution in [-0.2, 0) is 27.2 Å². The molecule has 1 saturated carbocycles. The molecule has 2 N–H and O–H groups in total. The van der Waals surface area contributed by atoms with E-state index in [4.69, 9.17) is 4.74 Å². The molecule has 1 aromatic rings. The number of anilines is 1. The van der Waals surface area contributed by atoms with Crippen LogP contribution in [0.2, 0.25) is 0 Å². The molecule has 0 aromatic carbocycles. The van der Waals surface area contributed by atoms with Gasteiger partial charge in [0.05, 0.1) is 12.2 Å². The number of thiophene rings is 1. The number of amides is 4. The van der Waals surface area contributed by atoms with Crippen LogP contribution >= 0.6 is 11.3 Å². The van der Waals surface area contributed by atoms with Crippen LogP contribution in [-0.4, -0.2) is 47.4 Å². The second-order valence-electron chi connectivity index (χ2n) is 9.50. The number of imide groups is 1. The zero-order valence-corrected chi connectivity index (χ0v) is 20.3. The van der Waals surface area contributed by atoms with Crippen LogP contribution in [0.5, 0.6) is 0 Å². The molecule has 3 aliphatic rings. The van der Waals surface area contributed by atoms with Gasteiger partial charge in [-0.05, 0) is 50.5 Å². The minimum absolute atomic E-state index is 0.248. The number of nitrogens with zero attached hydrogens (tertiary/aromatic N) is 1. The summed E-state index contributed by atoms with van der Waals surface area (Å²) in [6, 6.07) is -0.513. The highest BCUT2D eigenvalue weighted by Gasteiger charge is 2.50. The van der Waals surface area contributed by atoms with Crippen LogP contribution in [0.4, 0.5) is 9.80 Å². The molecule has 4 amide bonds. The fourth-order valence-corrected chi connectivity index (χ4v) is 6.65. The third-order valence-corrected chi connectivity index (χ3v) is 8.17. The van der Waals surface area contributed by atoms with Crippen molar-refractivity contribution in [3.63, 3.8) is 0 Å². The van der Waals surface area contributed by atoms with Crippen molar-refractivity contribution in [3.8, 4) is 0 Å². The van der Waals surface area contributed by atoms with Crippen LogP contribution in [0.1, 0.15) is 86.0 Å². The summed E-state index contributed by atoms with van der Waals surface area (Å²) in [7, 11) is 0. The highest BCUT2D eigenvalue weighted by molar-refractivity contribution is 7.17. The molecule has 1 aliphatic heterocycles. The lowest BCUT2D eigenvalue weighted by Gasteiger charge is -2.28. The first-order valence-corrected chi connectivity index (χ1v) is 12.9. The number of rotatable bonds is 5. The van der Waals surface area contributed by atoms with Crippen molar-refractivity contribution in [3.05, 3.63) is 16.0 Å². The van der Waals surface area contributed by atoms with Gasteiger partial charge in [0.1, 0.15) is 17.1 Å². The van der Waals surface area contributed by atoms with Gasteiger partial charge in [0, 0.05) is 4.88 Å². The van der Waals surface area contributed by atoms with Crippen molar-refractivity contribution in [2.75, 3.05) is 18.5 Å². The molecule has 1 spiro atoms. The first-order chi connectivity index (χ1) is 15.8. The first kappa shape index (κ1) is 23.7. The Bertz CT molecular complexity index is 948. The largest absolute Gasteiger partial charge is 0.462 e. The van der Waals surface area contributed by atoms with E-state index in [1.54, 1.807) is 6.92 Å². The van der Waals surface area contributed by atoms with Crippen LogP contribution in [0, 0.1) is 5.92 Å². The third-order valence-electron chi connectivity index (χ3n) is 7.00. The van der Waals surface area contributed by atoms with E-state index in [9.17, 15) is 19.2 Å². The van der Waals surface area contributed by atoms with Crippen LogP contribution in [0.3, 0.4) is 0 Å². The van der Waals surface area contributed by atoms with Crippen molar-refractivity contribution in [2.24, 2.45) is 5.92 Å². The fourth-order valence-electron chi connectivity index (χ4n) is 5.24. The van der Waals surface area contributed by atoms with Crippen molar-refractivity contribution < 1.29 is 23.9 Å². The smallest absolute Gasteiger partial charge is 0.341 e. The lowest BCUT2D eigenvalue weighted by atomic mass is 9.84. The van der Waals surface area contributed by atoms with E-state index in [1.807, 2.05) is 0 Å². The molecule has 8 nitrogen and oxygen atoms in total. The molecular weight excluding hydrogens is 442 g/mol. The lowest BCUT2D eigenvalue weighted by Crippen LogP contribution is -2.47. The third kappa shape index (κ3) is 4.78. The molecule has 4 rings (SSSR count). The summed E-state index contributed by atoms with van der Waals surface area (Å²) >= 11 is 1.40. The number of nitrogens with one attached hydrogen (secondary N) is 2. The topological polar surface area (TPSA) is 105 Å². The molecule has 2 fully saturated rings. The summed E-state index contributed by atoms with van der Waals surface area (Å²) in [6.07, 6.45) is 8.84. The van der Waals surface area contributed by atoms with Crippen LogP contribution in [0.25, 0.3) is 0 Å². The zero-order chi connectivity index (χ0) is 23.6. The molecule has 33 heavy (non-hydrogen) atoms. The average Bonchev–Trinajstić information content (AvgIpc) is 3.20. The summed E-state index contributed by atoms with van der Waals surface area (Å²) < 4.78 is 5.25. The molecule has 180 valence electrons. The number of carbonyl (C=O) groups excluding carboxylic acids is 4. The van der Waals surface area contributed by atoms with Gasteiger partial charge in [0.2, 0.25) is 5.91 Å². The minimum atomic E-state index is -0.883. The number of esters is 1. The monoisotopic (exact) mass is 475 g/mol. The molecule has 2 aliphatic carbocycles. The highest BCUT2D eigenvalue weighted by Crippen LogP contribution is 2.40. The van der Waals surface area contributed by atoms with Crippen molar-refractivity contribution in [1.82, 2.24) is 10.2 Å². The Labute approximate surface area is 198 Å². The Hall–Kier alpha value is -2.42. The second-order valence-corrected chi connectivity index (χ2v) is 10.6. The predicted molar refractivity (Wildman–Crippen MR) is 125 cm³/mol. The van der Waals surface area contributed by atoms with Gasteiger partial charge in [-0.15, -0.1) is 11.3 Å². The number of fused-ring (bicyclic) bond motifs is 1. The van der Waals surface area contributed by atoms with Crippen molar-refractivity contribution >= 4 is 40.2 Å². The molecule has 0 unspecified atom stereocenters. The Morgan fingerprint density at radius 2 is 1.88 bits per heavy atom. The summed E-state index contributed by atoms with van der Waals surface area (Å²) in [5.74, 6) is -0.725. The van der Waals surface area contributed by atoms with E-state index in [-0.39, 0.29) is 19.1 Å². The Morgan fingerprint density at radius 3 is 2.58 bits per heavy atom. The van der Waals surface area contributed by atoms with Gasteiger partial charge in [0.25, 0.3) is 5.91 Å². The summed E-state index contributed by atoms with van der Waals surface area (Å²) in [6.45, 7) is 3.80. The molecule has 1 aromatic heterocycles. The van der Waals surface area contributed by atoms with Crippen molar-refractivity contribution in [1.29, 1.82) is 0 Å². The summed E-state index contributed by atoms with van der Waals surface area (Å²) in [5, 5.41) is 6.14. The predicted octanol–water partition coefficient (Wildman–Crippen LogP) is 4.02. The second kappa shape index (κ2) is 9.83. The fraction of sp³-hybridized carbons (Fsp3) is 0.667. The standard InChI is InChI=1S/C24H33N3O5S/c1-3-32-21(29)19-16-10-9-15(2)13-17(16)33-20(19)25-18(28)14-27-22(30)24(26-23(27)31)11-7-5-4-6-8-12-24/h15H,3-14H2,1-2H3,(H,25,28)(H,26,31)/t15-/m1/s1. The van der Waals surface area contributed by atoms with E-state index < -0.39 is 23.4 Å². The molecule has 0 radical (unpaired) electrons. The van der Waals surface area contributed by atoms with Gasteiger partial charge in [0.15, 0.2) is 0 Å². The van der Waals surface area contributed by atoms with E-state index in [2.05, 4.69) is 17.6 Å². The van der Waals surface area contributed by atoms with Crippen LogP contribution < -0.4 is 10.6 Å². The highest BCUT2D eigenvalue weighted by atomic mass is 32.1. The molecular formula is C24H33N3O5S. The number of carbonyl (C=O) groups is 4. The van der Waals surface area contributed by atoms with E-state index >= 15 is 0 Å². The number of ether oxygens (including phenoxy) is 1. The molecule has 1 atom stereocenters. The van der Waals surface area contributed by atoms with Gasteiger partial charge in [-0.3, -0.25) is 14.5 Å². The Morgan fingerprint density at radius 1 is 1.18 bits per heavy atom. The van der Waals surface area contributed by atoms with Gasteiger partial charge < -0.3 is 15.4 Å². The molecule has 2 heterocycles. The normalized spacial score (nSPS) is 22.4. The summed E-state index contributed by atoms with van der Waals surface area (Å²) in [5.41, 5.74) is 0.493. The molecule has 1 saturated heterocycles. The first-order valence-electron chi connectivity index (χ1n) is 12.1.